The predicted octanol–water partition coefficient (Wildman–Crippen LogP) is 2.15. The van der Waals surface area contributed by atoms with E-state index in [-0.39, 0.29) is 0 Å². The molecule has 0 bridgehead atoms. The summed E-state index contributed by atoms with van der Waals surface area (Å²) in [5.41, 5.74) is 0. The summed E-state index contributed by atoms with van der Waals surface area (Å²) >= 11 is 6.75. The molecule has 1 fully saturated rings. The minimum Gasteiger partial charge on any atom is -0.381 e. The van der Waals surface area contributed by atoms with Crippen LogP contribution in [0.5, 0.6) is 0 Å². The Kier molecular flexibility index (Phi) is 3.00. The number of nitrogens with zero attached hydrogens (tertiary/aromatic N) is 3. The Morgan fingerprint density at radius 1 is 1.31 bits per heavy atom. The summed E-state index contributed by atoms with van der Waals surface area (Å²) in [6.07, 6.45) is 2.02. The molecule has 1 aliphatic rings. The van der Waals surface area contributed by atoms with Gasteiger partial charge in [-0.05, 0) is 44.7 Å². The molecule has 0 aliphatic carbocycles. The Labute approximate surface area is 92.9 Å². The molecule has 0 saturated carbocycles. The Morgan fingerprint density at radius 2 is 2.00 bits per heavy atom. The van der Waals surface area contributed by atoms with Crippen molar-refractivity contribution in [2.45, 2.75) is 18.9 Å². The monoisotopic (exact) mass is 309 g/mol. The first-order valence-corrected chi connectivity index (χ1v) is 5.71. The summed E-state index contributed by atoms with van der Waals surface area (Å²) in [5, 5.41) is 7.99. The molecule has 72 valence electrons. The summed E-state index contributed by atoms with van der Waals surface area (Å²) in [7, 11) is 0. The topological polar surface area (TPSA) is 39.9 Å². The molecule has 6 heteroatoms. The van der Waals surface area contributed by atoms with Gasteiger partial charge >= 0.3 is 0 Å². The molecule has 0 N–H and O–H groups in total. The molecule has 0 atom stereocenters. The van der Waals surface area contributed by atoms with Crippen LogP contribution >= 0.6 is 31.9 Å². The zero-order valence-corrected chi connectivity index (χ0v) is 10.1. The van der Waals surface area contributed by atoms with Crippen molar-refractivity contribution in [2.75, 3.05) is 13.2 Å². The van der Waals surface area contributed by atoms with E-state index in [2.05, 4.69) is 42.2 Å². The van der Waals surface area contributed by atoms with Gasteiger partial charge in [-0.25, -0.2) is 4.68 Å². The lowest BCUT2D eigenvalue weighted by molar-refractivity contribution is 0.0651. The number of ether oxygens (including phenoxy) is 1. The van der Waals surface area contributed by atoms with Gasteiger partial charge in [0.2, 0.25) is 0 Å². The normalized spacial score (nSPS) is 19.2. The van der Waals surface area contributed by atoms with Crippen molar-refractivity contribution in [1.29, 1.82) is 0 Å². The number of hydrogen-bond donors (Lipinski definition) is 0. The molecule has 4 nitrogen and oxygen atoms in total. The Balaban J connectivity index is 2.18. The number of aromatic nitrogens is 3. The summed E-state index contributed by atoms with van der Waals surface area (Å²) in [6, 6.07) is 0.418. The molecule has 1 saturated heterocycles. The summed E-state index contributed by atoms with van der Waals surface area (Å²) in [5.74, 6) is 0. The van der Waals surface area contributed by atoms with Gasteiger partial charge in [-0.1, -0.05) is 5.21 Å². The largest absolute Gasteiger partial charge is 0.381 e. The molecule has 1 aliphatic heterocycles. The second-order valence-electron chi connectivity index (χ2n) is 2.96. The molecular formula is C7H9Br2N3O. The van der Waals surface area contributed by atoms with E-state index >= 15 is 0 Å². The lowest BCUT2D eigenvalue weighted by Gasteiger charge is -2.22. The molecule has 13 heavy (non-hydrogen) atoms. The summed E-state index contributed by atoms with van der Waals surface area (Å²) in [6.45, 7) is 1.63. The van der Waals surface area contributed by atoms with Crippen molar-refractivity contribution < 1.29 is 4.74 Å². The van der Waals surface area contributed by atoms with Crippen LogP contribution in [0.4, 0.5) is 0 Å². The smallest absolute Gasteiger partial charge is 0.162 e. The van der Waals surface area contributed by atoms with Crippen molar-refractivity contribution in [2.24, 2.45) is 0 Å². The summed E-state index contributed by atoms with van der Waals surface area (Å²) < 4.78 is 8.87. The second-order valence-corrected chi connectivity index (χ2v) is 4.46. The van der Waals surface area contributed by atoms with Crippen molar-refractivity contribution in [3.63, 3.8) is 0 Å². The number of hydrogen-bond acceptors (Lipinski definition) is 3. The van der Waals surface area contributed by atoms with E-state index in [0.29, 0.717) is 6.04 Å². The zero-order chi connectivity index (χ0) is 9.26. The standard InChI is InChI=1S/C7H9Br2N3O/c8-6-7(9)12(11-10-6)5-1-3-13-4-2-5/h5H,1-4H2. The van der Waals surface area contributed by atoms with Crippen LogP contribution in [-0.4, -0.2) is 28.2 Å². The van der Waals surface area contributed by atoms with Crippen LogP contribution in [-0.2, 0) is 4.74 Å². The van der Waals surface area contributed by atoms with Crippen LogP contribution in [0.25, 0.3) is 0 Å². The first kappa shape index (κ1) is 9.61. The van der Waals surface area contributed by atoms with E-state index in [1.165, 1.54) is 0 Å². The molecular weight excluding hydrogens is 302 g/mol. The van der Waals surface area contributed by atoms with Gasteiger partial charge in [-0.15, -0.1) is 5.10 Å². The zero-order valence-electron chi connectivity index (χ0n) is 6.91. The fourth-order valence-electron chi connectivity index (χ4n) is 1.43. The van der Waals surface area contributed by atoms with Crippen molar-refractivity contribution >= 4 is 31.9 Å². The fourth-order valence-corrected chi connectivity index (χ4v) is 2.12. The lowest BCUT2D eigenvalue weighted by atomic mass is 10.1. The summed E-state index contributed by atoms with van der Waals surface area (Å²) in [4.78, 5) is 0. The highest BCUT2D eigenvalue weighted by atomic mass is 79.9. The SMILES string of the molecule is Brc1nnn(C2CCOCC2)c1Br. The lowest BCUT2D eigenvalue weighted by Crippen LogP contribution is -2.20. The van der Waals surface area contributed by atoms with Crippen LogP contribution in [0.1, 0.15) is 18.9 Å². The maximum atomic E-state index is 5.28. The van der Waals surface area contributed by atoms with Gasteiger partial charge in [0.1, 0.15) is 4.60 Å². The van der Waals surface area contributed by atoms with Crippen molar-refractivity contribution in [3.05, 3.63) is 9.21 Å². The van der Waals surface area contributed by atoms with Gasteiger partial charge in [-0.3, -0.25) is 0 Å². The average Bonchev–Trinajstić information content (AvgIpc) is 2.49. The Bertz CT molecular complexity index is 296. The third kappa shape index (κ3) is 1.94. The molecule has 2 heterocycles. The number of rotatable bonds is 1. The Hall–Kier alpha value is 0.0600. The average molecular weight is 311 g/mol. The van der Waals surface area contributed by atoms with Crippen LogP contribution in [0.15, 0.2) is 9.21 Å². The van der Waals surface area contributed by atoms with Crippen LogP contribution in [0.3, 0.4) is 0 Å². The quantitative estimate of drug-likeness (QED) is 0.798. The molecule has 0 amide bonds. The van der Waals surface area contributed by atoms with Gasteiger partial charge in [0.25, 0.3) is 0 Å². The highest BCUT2D eigenvalue weighted by Crippen LogP contribution is 2.27. The maximum absolute atomic E-state index is 5.28. The maximum Gasteiger partial charge on any atom is 0.162 e. The van der Waals surface area contributed by atoms with Crippen molar-refractivity contribution in [1.82, 2.24) is 15.0 Å². The first-order valence-electron chi connectivity index (χ1n) is 4.13. The molecule has 1 aromatic rings. The second kappa shape index (κ2) is 4.06. The van der Waals surface area contributed by atoms with E-state index in [4.69, 9.17) is 4.74 Å². The van der Waals surface area contributed by atoms with Crippen LogP contribution < -0.4 is 0 Å². The van der Waals surface area contributed by atoms with Crippen LogP contribution in [0.2, 0.25) is 0 Å². The molecule has 0 spiro atoms. The Morgan fingerprint density at radius 3 is 2.54 bits per heavy atom. The van der Waals surface area contributed by atoms with E-state index in [9.17, 15) is 0 Å². The fraction of sp³-hybridized carbons (Fsp3) is 0.714. The van der Waals surface area contributed by atoms with Gasteiger partial charge in [0.05, 0.1) is 6.04 Å². The van der Waals surface area contributed by atoms with E-state index in [1.807, 2.05) is 4.68 Å². The van der Waals surface area contributed by atoms with E-state index in [1.54, 1.807) is 0 Å². The minimum atomic E-state index is 0.418. The molecule has 1 aromatic heterocycles. The third-order valence-electron chi connectivity index (χ3n) is 2.14. The molecule has 0 aromatic carbocycles. The van der Waals surface area contributed by atoms with E-state index in [0.717, 1.165) is 35.3 Å². The molecule has 2 rings (SSSR count). The van der Waals surface area contributed by atoms with Gasteiger partial charge in [0.15, 0.2) is 4.60 Å². The van der Waals surface area contributed by atoms with Gasteiger partial charge in [0, 0.05) is 13.2 Å². The van der Waals surface area contributed by atoms with Gasteiger partial charge in [-0.2, -0.15) is 0 Å². The highest BCUT2D eigenvalue weighted by molar-refractivity contribution is 9.13. The highest BCUT2D eigenvalue weighted by Gasteiger charge is 2.20. The third-order valence-corrected chi connectivity index (χ3v) is 3.94. The minimum absolute atomic E-state index is 0.418. The molecule has 0 unspecified atom stereocenters. The van der Waals surface area contributed by atoms with Gasteiger partial charge < -0.3 is 4.74 Å². The first-order chi connectivity index (χ1) is 6.29. The van der Waals surface area contributed by atoms with Crippen LogP contribution in [0, 0.1) is 0 Å². The van der Waals surface area contributed by atoms with Crippen molar-refractivity contribution in [3.8, 4) is 0 Å². The van der Waals surface area contributed by atoms with E-state index < -0.39 is 0 Å². The molecule has 0 radical (unpaired) electrons. The predicted molar refractivity (Wildman–Crippen MR) is 54.5 cm³/mol. The number of halogens is 2.